The number of carbonyl (C=O) groups excluding carboxylic acids is 1. The lowest BCUT2D eigenvalue weighted by atomic mass is 10.0. The SMILES string of the molecule is CCc1ccc(C2CNCCN2C(=O)CCn2ccnc2C(C)C)cc1. The summed E-state index contributed by atoms with van der Waals surface area (Å²) in [6.45, 7) is 9.56. The number of rotatable bonds is 6. The Morgan fingerprint density at radius 2 is 2.08 bits per heavy atom. The molecular formula is C21H30N4O. The fourth-order valence-electron chi connectivity index (χ4n) is 3.65. The van der Waals surface area contributed by atoms with Gasteiger partial charge in [-0.2, -0.15) is 0 Å². The van der Waals surface area contributed by atoms with Crippen molar-refractivity contribution in [2.75, 3.05) is 19.6 Å². The summed E-state index contributed by atoms with van der Waals surface area (Å²) in [5, 5.41) is 3.43. The number of nitrogens with zero attached hydrogens (tertiary/aromatic N) is 3. The molecule has 140 valence electrons. The van der Waals surface area contributed by atoms with Gasteiger partial charge in [-0.1, -0.05) is 45.0 Å². The molecule has 26 heavy (non-hydrogen) atoms. The molecule has 0 spiro atoms. The molecule has 1 saturated heterocycles. The Bertz CT molecular complexity index is 720. The van der Waals surface area contributed by atoms with Crippen molar-refractivity contribution < 1.29 is 4.79 Å². The molecule has 1 unspecified atom stereocenters. The fraction of sp³-hybridized carbons (Fsp3) is 0.524. The van der Waals surface area contributed by atoms with E-state index in [-0.39, 0.29) is 11.9 Å². The maximum absolute atomic E-state index is 12.9. The Labute approximate surface area is 156 Å². The number of imidazole rings is 1. The van der Waals surface area contributed by atoms with E-state index in [4.69, 9.17) is 0 Å². The quantitative estimate of drug-likeness (QED) is 0.867. The highest BCUT2D eigenvalue weighted by Crippen LogP contribution is 2.24. The van der Waals surface area contributed by atoms with Crippen molar-refractivity contribution in [1.82, 2.24) is 19.8 Å². The lowest BCUT2D eigenvalue weighted by molar-refractivity contribution is -0.134. The molecule has 1 atom stereocenters. The van der Waals surface area contributed by atoms with E-state index < -0.39 is 0 Å². The van der Waals surface area contributed by atoms with Gasteiger partial charge in [0.2, 0.25) is 5.91 Å². The molecule has 3 rings (SSSR count). The van der Waals surface area contributed by atoms with Gasteiger partial charge >= 0.3 is 0 Å². The molecule has 0 saturated carbocycles. The Morgan fingerprint density at radius 3 is 2.77 bits per heavy atom. The van der Waals surface area contributed by atoms with Crippen molar-refractivity contribution in [1.29, 1.82) is 0 Å². The van der Waals surface area contributed by atoms with Crippen molar-refractivity contribution in [2.45, 2.75) is 52.1 Å². The van der Waals surface area contributed by atoms with Crippen LogP contribution in [0.4, 0.5) is 0 Å². The topological polar surface area (TPSA) is 50.2 Å². The highest BCUT2D eigenvalue weighted by molar-refractivity contribution is 5.77. The standard InChI is InChI=1S/C21H30N4O/c1-4-17-5-7-18(8-6-17)19-15-22-10-14-25(19)20(26)9-12-24-13-11-23-21(24)16(2)3/h5-8,11,13,16,19,22H,4,9-10,12,14-15H2,1-3H3. The number of nitrogens with one attached hydrogen (secondary N) is 1. The largest absolute Gasteiger partial charge is 0.334 e. The first-order valence-corrected chi connectivity index (χ1v) is 9.70. The van der Waals surface area contributed by atoms with Crippen LogP contribution in [0.5, 0.6) is 0 Å². The fourth-order valence-corrected chi connectivity index (χ4v) is 3.65. The predicted molar refractivity (Wildman–Crippen MR) is 104 cm³/mol. The molecule has 1 aromatic carbocycles. The van der Waals surface area contributed by atoms with Gasteiger partial charge in [-0.3, -0.25) is 4.79 Å². The molecule has 0 bridgehead atoms. The minimum absolute atomic E-state index is 0.120. The predicted octanol–water partition coefficient (Wildman–Crippen LogP) is 3.13. The molecule has 0 aliphatic carbocycles. The number of aromatic nitrogens is 2. The van der Waals surface area contributed by atoms with E-state index in [0.717, 1.165) is 31.9 Å². The first kappa shape index (κ1) is 18.6. The molecule has 1 N–H and O–H groups in total. The molecule has 2 heterocycles. The van der Waals surface area contributed by atoms with Crippen LogP contribution >= 0.6 is 0 Å². The van der Waals surface area contributed by atoms with Crippen molar-refractivity contribution in [3.05, 3.63) is 53.6 Å². The van der Waals surface area contributed by atoms with Crippen LogP contribution in [0.3, 0.4) is 0 Å². The van der Waals surface area contributed by atoms with E-state index in [0.29, 0.717) is 18.9 Å². The number of piperazine rings is 1. The maximum atomic E-state index is 12.9. The van der Waals surface area contributed by atoms with Crippen LogP contribution in [0, 0.1) is 0 Å². The minimum Gasteiger partial charge on any atom is -0.334 e. The number of hydrogen-bond donors (Lipinski definition) is 1. The van der Waals surface area contributed by atoms with Gasteiger partial charge in [0.1, 0.15) is 5.82 Å². The molecular weight excluding hydrogens is 324 g/mol. The molecule has 1 fully saturated rings. The molecule has 1 aliphatic rings. The van der Waals surface area contributed by atoms with E-state index in [1.165, 1.54) is 11.1 Å². The van der Waals surface area contributed by atoms with Gasteiger partial charge in [0, 0.05) is 50.9 Å². The Balaban J connectivity index is 1.68. The zero-order valence-electron chi connectivity index (χ0n) is 16.1. The monoisotopic (exact) mass is 354 g/mol. The van der Waals surface area contributed by atoms with Crippen LogP contribution in [-0.4, -0.2) is 40.0 Å². The van der Waals surface area contributed by atoms with Crippen LogP contribution in [-0.2, 0) is 17.8 Å². The van der Waals surface area contributed by atoms with E-state index >= 15 is 0 Å². The molecule has 5 heteroatoms. The zero-order chi connectivity index (χ0) is 18.5. The van der Waals surface area contributed by atoms with E-state index in [1.54, 1.807) is 0 Å². The van der Waals surface area contributed by atoms with Gasteiger partial charge in [-0.05, 0) is 17.5 Å². The summed E-state index contributed by atoms with van der Waals surface area (Å²) in [5.74, 6) is 1.63. The highest BCUT2D eigenvalue weighted by atomic mass is 16.2. The zero-order valence-corrected chi connectivity index (χ0v) is 16.1. The summed E-state index contributed by atoms with van der Waals surface area (Å²) in [5.41, 5.74) is 2.55. The normalized spacial score (nSPS) is 17.7. The van der Waals surface area contributed by atoms with Gasteiger partial charge in [0.05, 0.1) is 6.04 Å². The number of hydrogen-bond acceptors (Lipinski definition) is 3. The number of benzene rings is 1. The third-order valence-corrected chi connectivity index (χ3v) is 5.17. The van der Waals surface area contributed by atoms with Crippen molar-refractivity contribution in [2.24, 2.45) is 0 Å². The smallest absolute Gasteiger partial charge is 0.224 e. The van der Waals surface area contributed by atoms with Crippen LogP contribution < -0.4 is 5.32 Å². The van der Waals surface area contributed by atoms with E-state index in [2.05, 4.69) is 59.9 Å². The summed E-state index contributed by atoms with van der Waals surface area (Å²) in [4.78, 5) is 19.4. The second-order valence-electron chi connectivity index (χ2n) is 7.29. The number of aryl methyl sites for hydroxylation is 2. The summed E-state index contributed by atoms with van der Waals surface area (Å²) in [7, 11) is 0. The van der Waals surface area contributed by atoms with Gasteiger partial charge < -0.3 is 14.8 Å². The van der Waals surface area contributed by atoms with Gasteiger partial charge in [-0.15, -0.1) is 0 Å². The summed E-state index contributed by atoms with van der Waals surface area (Å²) < 4.78 is 2.11. The first-order chi connectivity index (χ1) is 12.6. The Hall–Kier alpha value is -2.14. The third-order valence-electron chi connectivity index (χ3n) is 5.17. The van der Waals surface area contributed by atoms with Gasteiger partial charge in [-0.25, -0.2) is 4.98 Å². The summed E-state index contributed by atoms with van der Waals surface area (Å²) >= 11 is 0. The van der Waals surface area contributed by atoms with E-state index in [9.17, 15) is 4.79 Å². The molecule has 0 radical (unpaired) electrons. The van der Waals surface area contributed by atoms with Crippen LogP contribution in [0.25, 0.3) is 0 Å². The second-order valence-corrected chi connectivity index (χ2v) is 7.29. The van der Waals surface area contributed by atoms with Crippen LogP contribution in [0.1, 0.15) is 56.1 Å². The van der Waals surface area contributed by atoms with Crippen molar-refractivity contribution >= 4 is 5.91 Å². The number of amides is 1. The average Bonchev–Trinajstić information content (AvgIpc) is 3.15. The highest BCUT2D eigenvalue weighted by Gasteiger charge is 2.27. The van der Waals surface area contributed by atoms with Crippen molar-refractivity contribution in [3.63, 3.8) is 0 Å². The maximum Gasteiger partial charge on any atom is 0.224 e. The van der Waals surface area contributed by atoms with Crippen LogP contribution in [0.2, 0.25) is 0 Å². The Morgan fingerprint density at radius 1 is 1.31 bits per heavy atom. The average molecular weight is 354 g/mol. The second kappa shape index (κ2) is 8.49. The summed E-state index contributed by atoms with van der Waals surface area (Å²) in [6, 6.07) is 8.81. The summed E-state index contributed by atoms with van der Waals surface area (Å²) in [6.07, 6.45) is 5.35. The van der Waals surface area contributed by atoms with Gasteiger partial charge in [0.25, 0.3) is 0 Å². The number of carbonyl (C=O) groups is 1. The Kier molecular flexibility index (Phi) is 6.09. The molecule has 1 amide bonds. The molecule has 2 aromatic rings. The van der Waals surface area contributed by atoms with Crippen LogP contribution in [0.15, 0.2) is 36.7 Å². The molecule has 5 nitrogen and oxygen atoms in total. The van der Waals surface area contributed by atoms with E-state index in [1.807, 2.05) is 17.3 Å². The van der Waals surface area contributed by atoms with Gasteiger partial charge in [0.15, 0.2) is 0 Å². The lowest BCUT2D eigenvalue weighted by Crippen LogP contribution is -2.48. The third kappa shape index (κ3) is 4.15. The first-order valence-electron chi connectivity index (χ1n) is 9.70. The molecule has 1 aliphatic heterocycles. The molecule has 1 aromatic heterocycles. The lowest BCUT2D eigenvalue weighted by Gasteiger charge is -2.37. The van der Waals surface area contributed by atoms with Crippen molar-refractivity contribution in [3.8, 4) is 0 Å². The minimum atomic E-state index is 0.120.